The van der Waals surface area contributed by atoms with E-state index in [4.69, 9.17) is 19.8 Å². The first-order valence-corrected chi connectivity index (χ1v) is 6.42. The SMILES string of the molecule is Cc1ccccc1COC(C)(C)C(C)(C)O.OB(O)O. The van der Waals surface area contributed by atoms with Crippen molar-refractivity contribution in [3.05, 3.63) is 35.4 Å². The molecular weight excluding hydrogens is 259 g/mol. The van der Waals surface area contributed by atoms with E-state index in [2.05, 4.69) is 19.1 Å². The summed E-state index contributed by atoms with van der Waals surface area (Å²) >= 11 is 0. The molecular formula is C14H25BO5. The van der Waals surface area contributed by atoms with Gasteiger partial charge in [-0.05, 0) is 45.7 Å². The lowest BCUT2D eigenvalue weighted by molar-refractivity contribution is -0.154. The molecule has 5 nitrogen and oxygen atoms in total. The van der Waals surface area contributed by atoms with Gasteiger partial charge in [0.05, 0.1) is 17.8 Å². The summed E-state index contributed by atoms with van der Waals surface area (Å²) in [5.74, 6) is 0. The minimum atomic E-state index is -2.17. The molecule has 0 atom stereocenters. The Morgan fingerprint density at radius 1 is 1.05 bits per heavy atom. The normalized spacial score (nSPS) is 11.7. The predicted octanol–water partition coefficient (Wildman–Crippen LogP) is 1.01. The Bertz CT molecular complexity index is 396. The van der Waals surface area contributed by atoms with Crippen molar-refractivity contribution in [2.45, 2.75) is 52.4 Å². The maximum absolute atomic E-state index is 9.97. The van der Waals surface area contributed by atoms with E-state index in [0.29, 0.717) is 6.61 Å². The molecule has 0 saturated heterocycles. The molecule has 4 N–H and O–H groups in total. The minimum Gasteiger partial charge on any atom is -0.402 e. The Morgan fingerprint density at radius 2 is 1.50 bits per heavy atom. The average Bonchev–Trinajstić information content (AvgIpc) is 2.25. The number of aryl methyl sites for hydroxylation is 1. The van der Waals surface area contributed by atoms with E-state index < -0.39 is 18.5 Å². The molecule has 0 spiro atoms. The van der Waals surface area contributed by atoms with Crippen LogP contribution in [0.5, 0.6) is 0 Å². The summed E-state index contributed by atoms with van der Waals surface area (Å²) in [6.45, 7) is 9.95. The highest BCUT2D eigenvalue weighted by Crippen LogP contribution is 2.26. The number of hydrogen-bond donors (Lipinski definition) is 4. The molecule has 20 heavy (non-hydrogen) atoms. The van der Waals surface area contributed by atoms with Gasteiger partial charge in [0.1, 0.15) is 0 Å². The Labute approximate surface area is 121 Å². The molecule has 0 fully saturated rings. The van der Waals surface area contributed by atoms with Crippen molar-refractivity contribution < 1.29 is 24.9 Å². The molecule has 0 heterocycles. The van der Waals surface area contributed by atoms with E-state index in [0.717, 1.165) is 0 Å². The summed E-state index contributed by atoms with van der Waals surface area (Å²) in [5.41, 5.74) is 0.971. The summed E-state index contributed by atoms with van der Waals surface area (Å²) in [5, 5.41) is 31.5. The van der Waals surface area contributed by atoms with Crippen molar-refractivity contribution in [3.8, 4) is 0 Å². The molecule has 0 bridgehead atoms. The first kappa shape index (κ1) is 19.1. The van der Waals surface area contributed by atoms with E-state index in [1.165, 1.54) is 11.1 Å². The summed E-state index contributed by atoms with van der Waals surface area (Å²) in [6.07, 6.45) is 0. The first-order valence-electron chi connectivity index (χ1n) is 6.42. The smallest absolute Gasteiger partial charge is 0.402 e. The van der Waals surface area contributed by atoms with Crippen LogP contribution in [0.1, 0.15) is 38.8 Å². The zero-order chi connectivity index (χ0) is 16.0. The number of benzene rings is 1. The van der Waals surface area contributed by atoms with Crippen LogP contribution in [0.25, 0.3) is 0 Å². The van der Waals surface area contributed by atoms with Gasteiger partial charge in [0.15, 0.2) is 0 Å². The molecule has 1 aromatic carbocycles. The maximum Gasteiger partial charge on any atom is 0.631 e. The molecule has 1 aromatic rings. The van der Waals surface area contributed by atoms with Gasteiger partial charge < -0.3 is 24.9 Å². The van der Waals surface area contributed by atoms with Crippen LogP contribution in [-0.2, 0) is 11.3 Å². The van der Waals surface area contributed by atoms with Crippen LogP contribution < -0.4 is 0 Å². The van der Waals surface area contributed by atoms with Gasteiger partial charge in [-0.25, -0.2) is 0 Å². The predicted molar refractivity (Wildman–Crippen MR) is 78.8 cm³/mol. The van der Waals surface area contributed by atoms with Gasteiger partial charge in [-0.1, -0.05) is 24.3 Å². The quantitative estimate of drug-likeness (QED) is 0.620. The maximum atomic E-state index is 9.97. The first-order chi connectivity index (χ1) is 8.97. The van der Waals surface area contributed by atoms with Gasteiger partial charge in [-0.2, -0.15) is 0 Å². The number of hydrogen-bond acceptors (Lipinski definition) is 5. The fraction of sp³-hybridized carbons (Fsp3) is 0.571. The third-order valence-corrected chi connectivity index (χ3v) is 3.32. The zero-order valence-electron chi connectivity index (χ0n) is 12.8. The lowest BCUT2D eigenvalue weighted by atomic mass is 9.89. The lowest BCUT2D eigenvalue weighted by Gasteiger charge is -2.37. The molecule has 0 aliphatic carbocycles. The van der Waals surface area contributed by atoms with E-state index in [1.54, 1.807) is 13.8 Å². The van der Waals surface area contributed by atoms with Gasteiger partial charge in [-0.15, -0.1) is 0 Å². The molecule has 0 unspecified atom stereocenters. The van der Waals surface area contributed by atoms with E-state index in [1.807, 2.05) is 26.0 Å². The third kappa shape index (κ3) is 7.02. The Hall–Kier alpha value is -0.915. The Morgan fingerprint density at radius 3 is 1.90 bits per heavy atom. The number of rotatable bonds is 4. The molecule has 0 amide bonds. The van der Waals surface area contributed by atoms with Crippen LogP contribution in [0.2, 0.25) is 0 Å². The minimum absolute atomic E-state index is 0.531. The molecule has 6 heteroatoms. The summed E-state index contributed by atoms with van der Waals surface area (Å²) in [4.78, 5) is 0. The molecule has 0 radical (unpaired) electrons. The molecule has 0 saturated carbocycles. The standard InChI is InChI=1S/C14H22O2.BH3O3/c1-11-8-6-7-9-12(11)10-16-14(4,5)13(2,3)15;2-1(3)4/h6-9,15H,10H2,1-5H3;2-4H. The van der Waals surface area contributed by atoms with E-state index >= 15 is 0 Å². The van der Waals surface area contributed by atoms with Gasteiger partial charge in [0.2, 0.25) is 0 Å². The fourth-order valence-corrected chi connectivity index (χ4v) is 1.21. The van der Waals surface area contributed by atoms with Crippen molar-refractivity contribution in [1.82, 2.24) is 0 Å². The van der Waals surface area contributed by atoms with Crippen LogP contribution in [0.15, 0.2) is 24.3 Å². The van der Waals surface area contributed by atoms with Crippen LogP contribution in [-0.4, -0.2) is 38.7 Å². The van der Waals surface area contributed by atoms with Gasteiger partial charge >= 0.3 is 7.32 Å². The van der Waals surface area contributed by atoms with Crippen molar-refractivity contribution in [3.63, 3.8) is 0 Å². The fourth-order valence-electron chi connectivity index (χ4n) is 1.21. The van der Waals surface area contributed by atoms with Crippen LogP contribution >= 0.6 is 0 Å². The largest absolute Gasteiger partial charge is 0.631 e. The van der Waals surface area contributed by atoms with Gasteiger partial charge in [0, 0.05) is 0 Å². The van der Waals surface area contributed by atoms with Gasteiger partial charge in [-0.3, -0.25) is 0 Å². The van der Waals surface area contributed by atoms with Crippen molar-refractivity contribution in [1.29, 1.82) is 0 Å². The lowest BCUT2D eigenvalue weighted by Crippen LogP contribution is -2.47. The summed E-state index contributed by atoms with van der Waals surface area (Å²) in [6, 6.07) is 8.13. The average molecular weight is 284 g/mol. The highest BCUT2D eigenvalue weighted by Gasteiger charge is 2.35. The monoisotopic (exact) mass is 284 g/mol. The number of aliphatic hydroxyl groups is 1. The second kappa shape index (κ2) is 7.76. The second-order valence-corrected chi connectivity index (χ2v) is 5.63. The van der Waals surface area contributed by atoms with Crippen LogP contribution in [0.4, 0.5) is 0 Å². The van der Waals surface area contributed by atoms with E-state index in [-0.39, 0.29) is 0 Å². The highest BCUT2D eigenvalue weighted by atomic mass is 16.5. The number of ether oxygens (including phenoxy) is 1. The topological polar surface area (TPSA) is 90.2 Å². The van der Waals surface area contributed by atoms with Crippen molar-refractivity contribution in [2.75, 3.05) is 0 Å². The highest BCUT2D eigenvalue weighted by molar-refractivity contribution is 6.30. The third-order valence-electron chi connectivity index (χ3n) is 3.32. The van der Waals surface area contributed by atoms with Crippen molar-refractivity contribution in [2.24, 2.45) is 0 Å². The van der Waals surface area contributed by atoms with E-state index in [9.17, 15) is 5.11 Å². The summed E-state index contributed by atoms with van der Waals surface area (Å²) < 4.78 is 5.81. The van der Waals surface area contributed by atoms with Gasteiger partial charge in [0.25, 0.3) is 0 Å². The zero-order valence-corrected chi connectivity index (χ0v) is 12.8. The van der Waals surface area contributed by atoms with Crippen LogP contribution in [0, 0.1) is 6.92 Å². The van der Waals surface area contributed by atoms with Crippen molar-refractivity contribution >= 4 is 7.32 Å². The Kier molecular flexibility index (Phi) is 7.40. The molecule has 0 aliphatic heterocycles. The van der Waals surface area contributed by atoms with Crippen LogP contribution in [0.3, 0.4) is 0 Å². The Balaban J connectivity index is 0.000000796. The summed E-state index contributed by atoms with van der Waals surface area (Å²) in [7, 11) is -2.17. The second-order valence-electron chi connectivity index (χ2n) is 5.63. The molecule has 0 aromatic heterocycles. The molecule has 114 valence electrons. The molecule has 0 aliphatic rings. The molecule has 1 rings (SSSR count).